The Bertz CT molecular complexity index is 1060. The zero-order valence-corrected chi connectivity index (χ0v) is 22.1. The lowest BCUT2D eigenvalue weighted by Gasteiger charge is -2.43. The Morgan fingerprint density at radius 3 is 2.36 bits per heavy atom. The van der Waals surface area contributed by atoms with E-state index in [1.807, 2.05) is 12.1 Å². The second-order valence-electron chi connectivity index (χ2n) is 9.80. The van der Waals surface area contributed by atoms with Gasteiger partial charge in [0.1, 0.15) is 5.75 Å². The van der Waals surface area contributed by atoms with Crippen LogP contribution in [0, 0.1) is 0 Å². The number of methoxy groups -OCH3 is 1. The summed E-state index contributed by atoms with van der Waals surface area (Å²) in [6, 6.07) is 13.5. The first kappa shape index (κ1) is 27.0. The second kappa shape index (κ2) is 12.0. The monoisotopic (exact) mass is 532 g/mol. The molecule has 1 atom stereocenters. The molecule has 0 saturated carbocycles. The van der Waals surface area contributed by atoms with Crippen molar-refractivity contribution in [1.29, 1.82) is 0 Å². The predicted octanol–water partition coefficient (Wildman–Crippen LogP) is 4.61. The van der Waals surface area contributed by atoms with Gasteiger partial charge in [0.05, 0.1) is 28.9 Å². The second-order valence-corrected chi connectivity index (χ2v) is 10.6. The van der Waals surface area contributed by atoms with Gasteiger partial charge in [0, 0.05) is 25.7 Å². The van der Waals surface area contributed by atoms with Crippen molar-refractivity contribution in [2.45, 2.75) is 43.3 Å². The highest BCUT2D eigenvalue weighted by molar-refractivity contribution is 6.42. The molecule has 4 rings (SSSR count). The first-order chi connectivity index (χ1) is 17.3. The molecule has 1 amide bonds. The van der Waals surface area contributed by atoms with Crippen LogP contribution in [0.15, 0.2) is 48.5 Å². The van der Waals surface area contributed by atoms with Gasteiger partial charge < -0.3 is 24.7 Å². The summed E-state index contributed by atoms with van der Waals surface area (Å²) in [4.78, 5) is 16.6. The molecule has 2 saturated heterocycles. The summed E-state index contributed by atoms with van der Waals surface area (Å²) >= 11 is 12.0. The number of ether oxygens (including phenoxy) is 1. The van der Waals surface area contributed by atoms with Crippen LogP contribution in [0.25, 0.3) is 6.08 Å². The van der Waals surface area contributed by atoms with Crippen LogP contribution in [0.5, 0.6) is 5.75 Å². The Hall–Kier alpha value is -2.09. The molecular weight excluding hydrogens is 499 g/mol. The van der Waals surface area contributed by atoms with E-state index < -0.39 is 11.7 Å². The van der Waals surface area contributed by atoms with Crippen LogP contribution < -0.4 is 4.74 Å². The van der Waals surface area contributed by atoms with Crippen LogP contribution in [-0.2, 0) is 4.79 Å². The average molecular weight is 533 g/mol. The van der Waals surface area contributed by atoms with Crippen LogP contribution in [0.4, 0.5) is 0 Å². The third kappa shape index (κ3) is 6.61. The first-order valence-electron chi connectivity index (χ1n) is 12.5. The zero-order valence-electron chi connectivity index (χ0n) is 20.6. The number of likely N-dealkylation sites (tertiary alicyclic amines) is 2. The number of amides is 1. The summed E-state index contributed by atoms with van der Waals surface area (Å²) in [6.45, 7) is 3.01. The fourth-order valence-electron chi connectivity index (χ4n) is 5.08. The number of hydrogen-bond acceptors (Lipinski definition) is 5. The van der Waals surface area contributed by atoms with E-state index in [1.165, 1.54) is 11.6 Å². The number of rotatable bonds is 7. The van der Waals surface area contributed by atoms with Gasteiger partial charge in [-0.2, -0.15) is 0 Å². The maximum atomic E-state index is 12.6. The summed E-state index contributed by atoms with van der Waals surface area (Å²) in [5.74, 6) is 1.24. The van der Waals surface area contributed by atoms with E-state index in [4.69, 9.17) is 27.9 Å². The number of carbonyl (C=O) groups excluding carboxylic acids is 1. The molecule has 0 spiro atoms. The summed E-state index contributed by atoms with van der Waals surface area (Å²) in [6.07, 6.45) is 5.10. The number of hydrogen-bond donors (Lipinski definition) is 2. The molecule has 8 heteroatoms. The van der Waals surface area contributed by atoms with Gasteiger partial charge in [0.2, 0.25) is 5.91 Å². The molecule has 36 heavy (non-hydrogen) atoms. The normalized spacial score (nSPS) is 20.0. The lowest BCUT2D eigenvalue weighted by atomic mass is 9.84. The van der Waals surface area contributed by atoms with Crippen molar-refractivity contribution in [3.63, 3.8) is 0 Å². The molecule has 2 aliphatic heterocycles. The SMILES string of the molecule is COc1ccc(C2CCN(CC(O)C3(O)CCN(C(=O)C=Cc4ccc(Cl)c(Cl)c4)CC3)CC2)cc1. The van der Waals surface area contributed by atoms with Crippen molar-refractivity contribution in [1.82, 2.24) is 9.80 Å². The van der Waals surface area contributed by atoms with Crippen LogP contribution in [0.3, 0.4) is 0 Å². The summed E-state index contributed by atoms with van der Waals surface area (Å²) in [5, 5.41) is 23.0. The number of aliphatic hydroxyl groups excluding tert-OH is 1. The molecule has 6 nitrogen and oxygen atoms in total. The zero-order chi connectivity index (χ0) is 25.7. The van der Waals surface area contributed by atoms with Crippen molar-refractivity contribution in [2.24, 2.45) is 0 Å². The number of carbonyl (C=O) groups is 1. The van der Waals surface area contributed by atoms with Crippen molar-refractivity contribution in [3.05, 3.63) is 69.7 Å². The van der Waals surface area contributed by atoms with E-state index in [-0.39, 0.29) is 5.91 Å². The maximum Gasteiger partial charge on any atom is 0.246 e. The number of halogens is 2. The minimum Gasteiger partial charge on any atom is -0.497 e. The minimum atomic E-state index is -1.18. The Kier molecular flexibility index (Phi) is 8.96. The van der Waals surface area contributed by atoms with Crippen LogP contribution in [0.2, 0.25) is 10.0 Å². The third-order valence-corrected chi connectivity index (χ3v) is 8.27. The van der Waals surface area contributed by atoms with Gasteiger partial charge in [0.15, 0.2) is 0 Å². The molecule has 0 radical (unpaired) electrons. The van der Waals surface area contributed by atoms with Gasteiger partial charge >= 0.3 is 0 Å². The van der Waals surface area contributed by atoms with E-state index in [0.717, 1.165) is 37.2 Å². The van der Waals surface area contributed by atoms with E-state index in [9.17, 15) is 15.0 Å². The van der Waals surface area contributed by atoms with Crippen molar-refractivity contribution < 1.29 is 19.7 Å². The molecule has 0 bridgehead atoms. The number of β-amino-alcohol motifs (C(OH)–C–C–N with tert-alkyl or cyclic N) is 1. The van der Waals surface area contributed by atoms with Crippen molar-refractivity contribution in [2.75, 3.05) is 39.8 Å². The van der Waals surface area contributed by atoms with Gasteiger partial charge in [-0.3, -0.25) is 4.79 Å². The summed E-state index contributed by atoms with van der Waals surface area (Å²) < 4.78 is 5.25. The average Bonchev–Trinajstić information content (AvgIpc) is 2.90. The molecule has 194 valence electrons. The highest BCUT2D eigenvalue weighted by atomic mass is 35.5. The summed E-state index contributed by atoms with van der Waals surface area (Å²) in [7, 11) is 1.67. The fourth-order valence-corrected chi connectivity index (χ4v) is 5.38. The molecule has 0 aliphatic carbocycles. The van der Waals surface area contributed by atoms with Gasteiger partial charge in [0.25, 0.3) is 0 Å². The van der Waals surface area contributed by atoms with Crippen LogP contribution >= 0.6 is 23.2 Å². The highest BCUT2D eigenvalue weighted by Crippen LogP contribution is 2.31. The molecule has 2 aromatic carbocycles. The van der Waals surface area contributed by atoms with E-state index in [1.54, 1.807) is 36.3 Å². The minimum absolute atomic E-state index is 0.127. The first-order valence-corrected chi connectivity index (χ1v) is 13.2. The number of aliphatic hydroxyl groups is 2. The van der Waals surface area contributed by atoms with E-state index >= 15 is 0 Å². The lowest BCUT2D eigenvalue weighted by molar-refractivity contribution is -0.140. The quantitative estimate of drug-likeness (QED) is 0.509. The van der Waals surface area contributed by atoms with Crippen molar-refractivity contribution >= 4 is 35.2 Å². The molecule has 0 aromatic heterocycles. The maximum absolute atomic E-state index is 12.6. The highest BCUT2D eigenvalue weighted by Gasteiger charge is 2.40. The third-order valence-electron chi connectivity index (χ3n) is 7.53. The summed E-state index contributed by atoms with van der Waals surface area (Å²) in [5.41, 5.74) is 0.925. The smallest absolute Gasteiger partial charge is 0.246 e. The number of nitrogens with zero attached hydrogens (tertiary/aromatic N) is 2. The molecule has 1 unspecified atom stereocenters. The molecule has 2 aromatic rings. The predicted molar refractivity (Wildman–Crippen MR) is 144 cm³/mol. The Morgan fingerprint density at radius 1 is 1.08 bits per heavy atom. The Balaban J connectivity index is 1.23. The van der Waals surface area contributed by atoms with Crippen LogP contribution in [-0.4, -0.2) is 77.5 Å². The Labute approximate surface area is 223 Å². The van der Waals surface area contributed by atoms with Gasteiger partial charge in [-0.1, -0.05) is 41.4 Å². The molecular formula is C28H34Cl2N2O4. The molecule has 2 fully saturated rings. The standard InChI is InChI=1S/C28H34Cl2N2O4/c1-36-23-6-4-21(5-7-23)22-10-14-31(15-11-22)19-26(33)28(35)12-16-32(17-13-28)27(34)9-3-20-2-8-24(29)25(30)18-20/h2-9,18,22,26,33,35H,10-17,19H2,1H3. The topological polar surface area (TPSA) is 73.2 Å². The van der Waals surface area contributed by atoms with Crippen molar-refractivity contribution in [3.8, 4) is 5.75 Å². The lowest BCUT2D eigenvalue weighted by Crippen LogP contribution is -2.56. The molecule has 2 N–H and O–H groups in total. The molecule has 2 heterocycles. The Morgan fingerprint density at radius 2 is 1.75 bits per heavy atom. The van der Waals surface area contributed by atoms with E-state index in [2.05, 4.69) is 17.0 Å². The fraction of sp³-hybridized carbons (Fsp3) is 0.464. The number of piperidine rings is 2. The largest absolute Gasteiger partial charge is 0.497 e. The molecule has 2 aliphatic rings. The van der Waals surface area contributed by atoms with Gasteiger partial charge in [-0.25, -0.2) is 0 Å². The van der Waals surface area contributed by atoms with Gasteiger partial charge in [-0.05, 0) is 86.2 Å². The van der Waals surface area contributed by atoms with Gasteiger partial charge in [-0.15, -0.1) is 0 Å². The number of benzene rings is 2. The van der Waals surface area contributed by atoms with Crippen LogP contribution in [0.1, 0.15) is 42.7 Å². The van der Waals surface area contributed by atoms with E-state index in [0.29, 0.717) is 48.4 Å².